The van der Waals surface area contributed by atoms with Gasteiger partial charge in [-0.05, 0) is 76.9 Å². The second-order valence-corrected chi connectivity index (χ2v) is 14.3. The molecule has 10 rings (SSSR count). The zero-order chi connectivity index (χ0) is 38.8. The van der Waals surface area contributed by atoms with Crippen molar-refractivity contribution in [2.75, 3.05) is 0 Å². The number of hydrogen-bond acceptors (Lipinski definition) is 3. The van der Waals surface area contributed by atoms with E-state index < -0.39 is 0 Å². The van der Waals surface area contributed by atoms with Crippen LogP contribution in [0.15, 0.2) is 176 Å². The van der Waals surface area contributed by atoms with Gasteiger partial charge in [-0.3, -0.25) is 4.79 Å². The normalized spacial score (nSPS) is 12.0. The quantitative estimate of drug-likeness (QED) is 0.126. The summed E-state index contributed by atoms with van der Waals surface area (Å²) in [6, 6.07) is 57.3. The summed E-state index contributed by atoms with van der Waals surface area (Å²) in [5.41, 5.74) is 16.3. The molecule has 5 nitrogen and oxygen atoms in total. The van der Waals surface area contributed by atoms with Crippen molar-refractivity contribution in [1.29, 1.82) is 0 Å². The highest BCUT2D eigenvalue weighted by Gasteiger charge is 2.20. The summed E-state index contributed by atoms with van der Waals surface area (Å²) >= 11 is 0. The lowest BCUT2D eigenvalue weighted by atomic mass is 10.0. The van der Waals surface area contributed by atoms with Crippen molar-refractivity contribution in [3.05, 3.63) is 210 Å². The maximum atomic E-state index is 13.6. The van der Waals surface area contributed by atoms with Crippen LogP contribution in [0.3, 0.4) is 0 Å². The molecule has 2 N–H and O–H groups in total. The number of aromatic nitrogens is 4. The molecule has 0 aliphatic carbocycles. The van der Waals surface area contributed by atoms with Crippen LogP contribution in [0.25, 0.3) is 97.0 Å². The largest absolute Gasteiger partial charge is 0.354 e. The van der Waals surface area contributed by atoms with Crippen LogP contribution >= 0.6 is 0 Å². The van der Waals surface area contributed by atoms with Gasteiger partial charge >= 0.3 is 0 Å². The van der Waals surface area contributed by atoms with E-state index in [1.165, 1.54) is 0 Å². The first kappa shape index (κ1) is 34.6. The Bertz CT molecular complexity index is 3090. The number of nitrogens with one attached hydrogen (secondary N) is 2. The summed E-state index contributed by atoms with van der Waals surface area (Å²) < 4.78 is 0. The van der Waals surface area contributed by atoms with Gasteiger partial charge in [0.25, 0.3) is 0 Å². The van der Waals surface area contributed by atoms with E-state index in [-0.39, 0.29) is 5.78 Å². The Balaban J connectivity index is 1.39. The van der Waals surface area contributed by atoms with Gasteiger partial charge in [-0.15, -0.1) is 0 Å². The predicted octanol–water partition coefficient (Wildman–Crippen LogP) is 13.2. The van der Waals surface area contributed by atoms with Crippen LogP contribution in [0, 0.1) is 0 Å². The van der Waals surface area contributed by atoms with Gasteiger partial charge in [-0.1, -0.05) is 152 Å². The summed E-state index contributed by atoms with van der Waals surface area (Å²) in [5.74, 6) is -0.0755. The number of H-pyrrole nitrogens is 2. The first-order chi connectivity index (χ1) is 28.7. The molecule has 0 atom stereocenters. The van der Waals surface area contributed by atoms with E-state index >= 15 is 0 Å². The van der Waals surface area contributed by atoms with Crippen molar-refractivity contribution in [3.8, 4) is 44.5 Å². The van der Waals surface area contributed by atoms with Crippen molar-refractivity contribution >= 4 is 58.2 Å². The highest BCUT2D eigenvalue weighted by molar-refractivity contribution is 6.08. The van der Waals surface area contributed by atoms with Gasteiger partial charge in [-0.2, -0.15) is 0 Å². The van der Waals surface area contributed by atoms with Gasteiger partial charge in [0.15, 0.2) is 5.78 Å². The zero-order valence-electron chi connectivity index (χ0n) is 31.4. The minimum Gasteiger partial charge on any atom is -0.354 e. The van der Waals surface area contributed by atoms with Crippen molar-refractivity contribution < 1.29 is 4.79 Å². The van der Waals surface area contributed by atoms with Crippen molar-refractivity contribution in [1.82, 2.24) is 19.9 Å². The molecule has 5 heteroatoms. The maximum Gasteiger partial charge on any atom is 0.185 e. The number of fused-ring (bicyclic) bond motifs is 8. The van der Waals surface area contributed by atoms with Gasteiger partial charge in [0.05, 0.1) is 28.3 Å². The van der Waals surface area contributed by atoms with Gasteiger partial charge in [0.1, 0.15) is 0 Å². The van der Waals surface area contributed by atoms with Crippen LogP contribution in [-0.4, -0.2) is 25.7 Å². The lowest BCUT2D eigenvalue weighted by Crippen LogP contribution is -1.92. The summed E-state index contributed by atoms with van der Waals surface area (Å²) in [4.78, 5) is 32.1. The second kappa shape index (κ2) is 15.0. The van der Waals surface area contributed by atoms with E-state index in [2.05, 4.69) is 125 Å². The topological polar surface area (TPSA) is 74.4 Å². The van der Waals surface area contributed by atoms with E-state index in [1.54, 1.807) is 6.08 Å². The molecule has 0 spiro atoms. The van der Waals surface area contributed by atoms with Crippen LogP contribution in [-0.2, 0) is 0 Å². The van der Waals surface area contributed by atoms with E-state index in [4.69, 9.17) is 9.97 Å². The fourth-order valence-corrected chi connectivity index (χ4v) is 7.94. The van der Waals surface area contributed by atoms with E-state index in [0.717, 1.165) is 94.9 Å². The van der Waals surface area contributed by atoms with Crippen molar-refractivity contribution in [2.45, 2.75) is 0 Å². The summed E-state index contributed by atoms with van der Waals surface area (Å²) in [6.07, 6.45) is 12.0. The molecule has 0 amide bonds. The summed E-state index contributed by atoms with van der Waals surface area (Å²) in [6.45, 7) is 0. The Morgan fingerprint density at radius 3 is 1.24 bits per heavy atom. The zero-order valence-corrected chi connectivity index (χ0v) is 31.4. The third-order valence-electron chi connectivity index (χ3n) is 10.6. The Kier molecular flexibility index (Phi) is 8.93. The van der Waals surface area contributed by atoms with Crippen LogP contribution in [0.2, 0.25) is 0 Å². The third kappa shape index (κ3) is 6.51. The molecule has 0 saturated carbocycles. The Hall–Kier alpha value is -7.89. The predicted molar refractivity (Wildman–Crippen MR) is 240 cm³/mol. The molecule has 5 aromatic carbocycles. The van der Waals surface area contributed by atoms with Crippen LogP contribution in [0.1, 0.15) is 38.7 Å². The van der Waals surface area contributed by atoms with Crippen LogP contribution in [0.4, 0.5) is 0 Å². The molecule has 0 radical (unpaired) electrons. The average Bonchev–Trinajstić information content (AvgIpc) is 4.12. The fraction of sp³-hybridized carbons (Fsp3) is 0. The molecule has 274 valence electrons. The number of benzene rings is 5. The number of carbonyl (C=O) groups excluding carboxylic acids is 1. The van der Waals surface area contributed by atoms with Crippen molar-refractivity contribution in [3.63, 3.8) is 0 Å². The van der Waals surface area contributed by atoms with Crippen LogP contribution in [0.5, 0.6) is 0 Å². The number of ketones is 1. The monoisotopic (exact) mass is 744 g/mol. The Labute approximate surface area is 336 Å². The lowest BCUT2D eigenvalue weighted by Gasteiger charge is -2.07. The number of rotatable bonds is 7. The molecule has 0 unspecified atom stereocenters. The molecule has 2 aliphatic heterocycles. The van der Waals surface area contributed by atoms with E-state index in [9.17, 15) is 4.79 Å². The number of hydrogen-bond donors (Lipinski definition) is 2. The SMILES string of the molecule is O=C(/C=C\c1cc2[nH]c1c(-c1ccccc1)c1nc(c(-c3ccccc3)c3ccc([nH]3)c(-c3ccccc3)c3nc(c2-c2ccccc2)C=C3)C=C1)c1ccccc1. The minimum atomic E-state index is -0.0755. The third-order valence-corrected chi connectivity index (χ3v) is 10.6. The summed E-state index contributed by atoms with van der Waals surface area (Å²) in [5, 5.41) is 0. The van der Waals surface area contributed by atoms with Gasteiger partial charge in [-0.25, -0.2) is 9.97 Å². The number of aromatic amines is 2. The first-order valence-electron chi connectivity index (χ1n) is 19.4. The smallest absolute Gasteiger partial charge is 0.185 e. The molecule has 5 heterocycles. The lowest BCUT2D eigenvalue weighted by molar-refractivity contribution is 0.104. The van der Waals surface area contributed by atoms with Gasteiger partial charge in [0, 0.05) is 49.9 Å². The molecule has 8 aromatic rings. The molecular formula is C53H36N4O. The first-order valence-corrected chi connectivity index (χ1v) is 19.4. The van der Waals surface area contributed by atoms with Crippen LogP contribution < -0.4 is 0 Å². The fourth-order valence-electron chi connectivity index (χ4n) is 7.94. The Morgan fingerprint density at radius 1 is 0.414 bits per heavy atom. The molecule has 3 aromatic heterocycles. The maximum absolute atomic E-state index is 13.6. The van der Waals surface area contributed by atoms with Gasteiger partial charge < -0.3 is 9.97 Å². The average molecular weight is 745 g/mol. The highest BCUT2D eigenvalue weighted by Crippen LogP contribution is 2.39. The summed E-state index contributed by atoms with van der Waals surface area (Å²) in [7, 11) is 0. The minimum absolute atomic E-state index is 0.0755. The molecule has 58 heavy (non-hydrogen) atoms. The number of carbonyl (C=O) groups is 1. The van der Waals surface area contributed by atoms with E-state index in [1.807, 2.05) is 84.9 Å². The number of allylic oxidation sites excluding steroid dienone is 1. The molecule has 0 fully saturated rings. The number of nitrogens with zero attached hydrogens (tertiary/aromatic N) is 2. The van der Waals surface area contributed by atoms with Gasteiger partial charge in [0.2, 0.25) is 0 Å². The molecule has 2 aliphatic rings. The van der Waals surface area contributed by atoms with E-state index in [0.29, 0.717) is 5.56 Å². The molecule has 0 saturated heterocycles. The second-order valence-electron chi connectivity index (χ2n) is 14.3. The molecule has 8 bridgehead atoms. The standard InChI is InChI=1S/C53H36N4O/c58-48(35-16-6-1-7-17-35)33-26-40-34-47-51(38-22-12-4-13-23-38)45-30-29-43(55-45)49(36-18-8-2-9-19-36)41-27-28-42(54-41)50(37-20-10-3-11-21-37)44-31-32-46(56-44)52(53(40)57-47)39-24-14-5-15-25-39/h1-34,54,57H/b33-26-,49-41?,49-43?,50-42?,50-44?,51-45?,51-47?,52-46?,53-52?. The Morgan fingerprint density at radius 2 is 0.793 bits per heavy atom. The highest BCUT2D eigenvalue weighted by atomic mass is 16.1. The van der Waals surface area contributed by atoms with Crippen molar-refractivity contribution in [2.24, 2.45) is 0 Å². The molecular weight excluding hydrogens is 709 g/mol.